The van der Waals surface area contributed by atoms with Gasteiger partial charge in [0, 0.05) is 15.9 Å². The van der Waals surface area contributed by atoms with Crippen molar-refractivity contribution in [3.63, 3.8) is 0 Å². The van der Waals surface area contributed by atoms with Gasteiger partial charge in [0.1, 0.15) is 0 Å². The Morgan fingerprint density at radius 2 is 0.857 bits per heavy atom. The summed E-state index contributed by atoms with van der Waals surface area (Å²) in [7, 11) is -2.78. The van der Waals surface area contributed by atoms with Gasteiger partial charge in [-0.05, 0) is 0 Å². The zero-order valence-corrected chi connectivity index (χ0v) is 16.5. The van der Waals surface area contributed by atoms with Crippen molar-refractivity contribution in [2.24, 2.45) is 5.73 Å². The SMILES string of the molecule is NC(CO)(CO)CO.O=P(c1ccccc1)(c1ccccc1)c1ccccc1. The van der Waals surface area contributed by atoms with Crippen molar-refractivity contribution < 1.29 is 19.9 Å². The molecule has 3 aromatic rings. The molecular weight excluding hydrogens is 373 g/mol. The van der Waals surface area contributed by atoms with E-state index in [4.69, 9.17) is 21.1 Å². The summed E-state index contributed by atoms with van der Waals surface area (Å²) in [5.41, 5.74) is 3.94. The molecule has 0 heterocycles. The Balaban J connectivity index is 0.000000300. The molecule has 5 nitrogen and oxygen atoms in total. The lowest BCUT2D eigenvalue weighted by atomic mass is 10.1. The van der Waals surface area contributed by atoms with Crippen LogP contribution in [0, 0.1) is 0 Å². The number of hydrogen-bond donors (Lipinski definition) is 4. The monoisotopic (exact) mass is 399 g/mol. The summed E-state index contributed by atoms with van der Waals surface area (Å²) in [6.07, 6.45) is 0. The lowest BCUT2D eigenvalue weighted by molar-refractivity contribution is 0.0698. The molecule has 3 aromatic carbocycles. The first-order chi connectivity index (χ1) is 13.5. The van der Waals surface area contributed by atoms with Crippen LogP contribution in [0.1, 0.15) is 0 Å². The maximum Gasteiger partial charge on any atom is 0.171 e. The minimum atomic E-state index is -2.78. The quantitative estimate of drug-likeness (QED) is 0.463. The van der Waals surface area contributed by atoms with Gasteiger partial charge in [0.15, 0.2) is 7.14 Å². The largest absolute Gasteiger partial charge is 0.394 e. The van der Waals surface area contributed by atoms with Crippen LogP contribution in [0.15, 0.2) is 91.0 Å². The van der Waals surface area contributed by atoms with Crippen molar-refractivity contribution in [1.29, 1.82) is 0 Å². The number of benzene rings is 3. The number of nitrogens with two attached hydrogens (primary N) is 1. The maximum absolute atomic E-state index is 13.8. The third kappa shape index (κ3) is 5.16. The molecule has 0 aliphatic carbocycles. The lowest BCUT2D eigenvalue weighted by Crippen LogP contribution is -2.50. The summed E-state index contributed by atoms with van der Waals surface area (Å²) in [6, 6.07) is 29.1. The van der Waals surface area contributed by atoms with Crippen LogP contribution in [0.5, 0.6) is 0 Å². The molecule has 0 fully saturated rings. The molecule has 0 bridgehead atoms. The molecule has 0 atom stereocenters. The zero-order valence-electron chi connectivity index (χ0n) is 15.6. The highest BCUT2D eigenvalue weighted by Gasteiger charge is 2.28. The first kappa shape index (κ1) is 22.0. The van der Waals surface area contributed by atoms with E-state index in [1.54, 1.807) is 0 Å². The van der Waals surface area contributed by atoms with Crippen LogP contribution in [-0.2, 0) is 4.57 Å². The van der Waals surface area contributed by atoms with Gasteiger partial charge in [-0.25, -0.2) is 0 Å². The van der Waals surface area contributed by atoms with E-state index >= 15 is 0 Å². The maximum atomic E-state index is 13.8. The summed E-state index contributed by atoms with van der Waals surface area (Å²) in [5.74, 6) is 0. The van der Waals surface area contributed by atoms with E-state index in [1.807, 2.05) is 91.0 Å². The Morgan fingerprint density at radius 3 is 1.04 bits per heavy atom. The van der Waals surface area contributed by atoms with E-state index in [9.17, 15) is 4.57 Å². The van der Waals surface area contributed by atoms with Crippen molar-refractivity contribution in [2.45, 2.75) is 5.54 Å². The topological polar surface area (TPSA) is 104 Å². The molecule has 0 aliphatic rings. The van der Waals surface area contributed by atoms with E-state index < -0.39 is 32.5 Å². The minimum absolute atomic E-state index is 0.403. The fourth-order valence-electron chi connectivity index (χ4n) is 2.51. The second-order valence-corrected chi connectivity index (χ2v) is 9.22. The van der Waals surface area contributed by atoms with Gasteiger partial charge in [0.2, 0.25) is 0 Å². The molecule has 0 unspecified atom stereocenters. The highest BCUT2D eigenvalue weighted by Crippen LogP contribution is 2.41. The summed E-state index contributed by atoms with van der Waals surface area (Å²) < 4.78 is 13.8. The van der Waals surface area contributed by atoms with Gasteiger partial charge in [0.25, 0.3) is 0 Å². The Bertz CT molecular complexity index is 757. The van der Waals surface area contributed by atoms with Gasteiger partial charge >= 0.3 is 0 Å². The Hall–Kier alpha value is -2.27. The molecule has 0 amide bonds. The number of aliphatic hydroxyl groups excluding tert-OH is 3. The molecule has 0 saturated heterocycles. The molecule has 148 valence electrons. The Kier molecular flexibility index (Phi) is 8.12. The molecule has 0 aromatic heterocycles. The van der Waals surface area contributed by atoms with Crippen LogP contribution < -0.4 is 21.6 Å². The van der Waals surface area contributed by atoms with Gasteiger partial charge in [-0.1, -0.05) is 91.0 Å². The lowest BCUT2D eigenvalue weighted by Gasteiger charge is -2.20. The molecule has 5 N–H and O–H groups in total. The fraction of sp³-hybridized carbons (Fsp3) is 0.182. The first-order valence-electron chi connectivity index (χ1n) is 8.88. The van der Waals surface area contributed by atoms with Gasteiger partial charge in [-0.15, -0.1) is 0 Å². The molecule has 3 rings (SSSR count). The van der Waals surface area contributed by atoms with E-state index in [-0.39, 0.29) is 0 Å². The van der Waals surface area contributed by atoms with Crippen LogP contribution in [0.2, 0.25) is 0 Å². The molecule has 6 heteroatoms. The average molecular weight is 399 g/mol. The number of hydrogen-bond acceptors (Lipinski definition) is 5. The van der Waals surface area contributed by atoms with E-state index in [1.165, 1.54) is 0 Å². The first-order valence-corrected chi connectivity index (χ1v) is 10.6. The molecular formula is C22H26NO4P. The summed E-state index contributed by atoms with van der Waals surface area (Å²) in [6.45, 7) is -1.21. The number of rotatable bonds is 6. The Labute approximate surface area is 165 Å². The van der Waals surface area contributed by atoms with E-state index in [2.05, 4.69) is 0 Å². The van der Waals surface area contributed by atoms with Crippen LogP contribution in [0.3, 0.4) is 0 Å². The summed E-state index contributed by atoms with van der Waals surface area (Å²) >= 11 is 0. The Morgan fingerprint density at radius 1 is 0.607 bits per heavy atom. The van der Waals surface area contributed by atoms with Crippen LogP contribution in [0.4, 0.5) is 0 Å². The highest BCUT2D eigenvalue weighted by atomic mass is 31.2. The molecule has 0 aliphatic heterocycles. The van der Waals surface area contributed by atoms with Crippen LogP contribution in [-0.4, -0.2) is 40.7 Å². The number of aliphatic hydroxyl groups is 3. The molecule has 0 radical (unpaired) electrons. The smallest absolute Gasteiger partial charge is 0.171 e. The van der Waals surface area contributed by atoms with Gasteiger partial charge in [-0.2, -0.15) is 0 Å². The molecule has 0 spiro atoms. The molecule has 28 heavy (non-hydrogen) atoms. The summed E-state index contributed by atoms with van der Waals surface area (Å²) in [5, 5.41) is 27.6. The van der Waals surface area contributed by atoms with Crippen molar-refractivity contribution in [3.8, 4) is 0 Å². The normalized spacial score (nSPS) is 11.4. The van der Waals surface area contributed by atoms with Gasteiger partial charge in [-0.3, -0.25) is 0 Å². The van der Waals surface area contributed by atoms with Crippen molar-refractivity contribution in [2.75, 3.05) is 19.8 Å². The van der Waals surface area contributed by atoms with Gasteiger partial charge < -0.3 is 25.6 Å². The van der Waals surface area contributed by atoms with Crippen molar-refractivity contribution >= 4 is 23.1 Å². The van der Waals surface area contributed by atoms with E-state index in [0.29, 0.717) is 0 Å². The predicted octanol–water partition coefficient (Wildman–Crippen LogP) is 0.987. The van der Waals surface area contributed by atoms with Crippen LogP contribution in [0.25, 0.3) is 0 Å². The molecule has 0 saturated carbocycles. The summed E-state index contributed by atoms with van der Waals surface area (Å²) in [4.78, 5) is 0. The zero-order chi connectivity index (χ0) is 20.5. The highest BCUT2D eigenvalue weighted by molar-refractivity contribution is 7.85. The van der Waals surface area contributed by atoms with E-state index in [0.717, 1.165) is 15.9 Å². The third-order valence-electron chi connectivity index (χ3n) is 4.30. The average Bonchev–Trinajstić information content (AvgIpc) is 2.80. The van der Waals surface area contributed by atoms with Crippen molar-refractivity contribution in [1.82, 2.24) is 0 Å². The second-order valence-electron chi connectivity index (χ2n) is 6.45. The predicted molar refractivity (Wildman–Crippen MR) is 114 cm³/mol. The van der Waals surface area contributed by atoms with Crippen LogP contribution >= 0.6 is 7.14 Å². The third-order valence-corrected chi connectivity index (χ3v) is 7.38. The fourth-order valence-corrected chi connectivity index (χ4v) is 5.18. The van der Waals surface area contributed by atoms with Gasteiger partial charge in [0.05, 0.1) is 25.4 Å². The minimum Gasteiger partial charge on any atom is -0.394 e. The van der Waals surface area contributed by atoms with Crippen molar-refractivity contribution in [3.05, 3.63) is 91.0 Å². The second kappa shape index (κ2) is 10.3. The standard InChI is InChI=1S/C18H15OP.C4H11NO3/c19-20(16-10-4-1-5-11-16,17-12-6-2-7-13-17)18-14-8-3-9-15-18;5-4(1-6,2-7)3-8/h1-15H;6-8H,1-3,5H2.